The molecule has 0 atom stereocenters. The molecule has 0 saturated heterocycles. The molecule has 5 heteroatoms. The van der Waals surface area contributed by atoms with E-state index in [-0.39, 0.29) is 17.4 Å². The highest BCUT2D eigenvalue weighted by atomic mass is 16.5. The van der Waals surface area contributed by atoms with E-state index < -0.39 is 5.97 Å². The Balaban J connectivity index is 2.56. The van der Waals surface area contributed by atoms with Gasteiger partial charge in [-0.05, 0) is 31.9 Å². The van der Waals surface area contributed by atoms with E-state index in [9.17, 15) is 9.90 Å². The van der Waals surface area contributed by atoms with Crippen LogP contribution in [0.5, 0.6) is 5.75 Å². The Morgan fingerprint density at radius 1 is 1.30 bits per heavy atom. The molecule has 0 aliphatic carbocycles. The monoisotopic (exact) mass is 316 g/mol. The molecule has 23 heavy (non-hydrogen) atoms. The van der Waals surface area contributed by atoms with Gasteiger partial charge < -0.3 is 15.6 Å². The Labute approximate surface area is 136 Å². The molecule has 1 aromatic carbocycles. The number of hydrogen-bond donors (Lipinski definition) is 2. The van der Waals surface area contributed by atoms with Crippen molar-refractivity contribution < 1.29 is 14.6 Å². The van der Waals surface area contributed by atoms with E-state index in [1.807, 2.05) is 18.2 Å². The molecule has 0 aliphatic rings. The van der Waals surface area contributed by atoms with E-state index >= 15 is 0 Å². The molecule has 2 aromatic rings. The van der Waals surface area contributed by atoms with Crippen molar-refractivity contribution in [1.82, 2.24) is 4.98 Å². The van der Waals surface area contributed by atoms with Gasteiger partial charge in [-0.3, -0.25) is 4.98 Å². The van der Waals surface area contributed by atoms with Crippen molar-refractivity contribution in [3.63, 3.8) is 0 Å². The summed E-state index contributed by atoms with van der Waals surface area (Å²) >= 11 is 0. The lowest BCUT2D eigenvalue weighted by molar-refractivity contribution is 0.0697. The number of fused-ring (bicyclic) bond motifs is 1. The predicted octanol–water partition coefficient (Wildman–Crippen LogP) is 4.17. The summed E-state index contributed by atoms with van der Waals surface area (Å²) in [7, 11) is 0. The van der Waals surface area contributed by atoms with Gasteiger partial charge in [-0.2, -0.15) is 0 Å². The minimum Gasteiger partial charge on any atom is -0.490 e. The standard InChI is InChI=1S/C18H24N2O3/c1-4-7-12(8-5-2)23-14-10-6-9-13-16(14)17(19)15(18(21)22)11(3)20-13/h6,9-10,12H,4-5,7-8H2,1-3H3,(H2,19,20)(H,21,22). The van der Waals surface area contributed by atoms with Gasteiger partial charge in [-0.15, -0.1) is 0 Å². The largest absolute Gasteiger partial charge is 0.490 e. The topological polar surface area (TPSA) is 85.4 Å². The van der Waals surface area contributed by atoms with Crippen molar-refractivity contribution in [2.24, 2.45) is 0 Å². The minimum atomic E-state index is -1.07. The van der Waals surface area contributed by atoms with Gasteiger partial charge in [-0.25, -0.2) is 4.79 Å². The number of nitrogen functional groups attached to an aromatic ring is 1. The number of anilines is 1. The molecule has 1 aromatic heterocycles. The summed E-state index contributed by atoms with van der Waals surface area (Å²) in [6, 6.07) is 5.52. The van der Waals surface area contributed by atoms with E-state index in [0.717, 1.165) is 25.7 Å². The first-order valence-electron chi connectivity index (χ1n) is 8.08. The summed E-state index contributed by atoms with van der Waals surface area (Å²) in [6.07, 6.45) is 4.07. The van der Waals surface area contributed by atoms with Crippen LogP contribution in [0.15, 0.2) is 18.2 Å². The Morgan fingerprint density at radius 3 is 2.52 bits per heavy atom. The van der Waals surface area contributed by atoms with Crippen LogP contribution >= 0.6 is 0 Å². The van der Waals surface area contributed by atoms with Gasteiger partial charge in [0.25, 0.3) is 0 Å². The number of aromatic carboxylic acids is 1. The van der Waals surface area contributed by atoms with Crippen LogP contribution in [0.25, 0.3) is 10.9 Å². The van der Waals surface area contributed by atoms with Crippen LogP contribution in [0, 0.1) is 6.92 Å². The van der Waals surface area contributed by atoms with Crippen LogP contribution in [-0.2, 0) is 0 Å². The zero-order valence-corrected chi connectivity index (χ0v) is 13.9. The van der Waals surface area contributed by atoms with Gasteiger partial charge in [0, 0.05) is 0 Å². The maximum absolute atomic E-state index is 11.5. The van der Waals surface area contributed by atoms with Crippen LogP contribution in [-0.4, -0.2) is 22.2 Å². The van der Waals surface area contributed by atoms with Crippen molar-refractivity contribution in [3.05, 3.63) is 29.5 Å². The number of benzene rings is 1. The Morgan fingerprint density at radius 2 is 1.96 bits per heavy atom. The summed E-state index contributed by atoms with van der Waals surface area (Å²) in [5, 5.41) is 9.98. The maximum Gasteiger partial charge on any atom is 0.339 e. The van der Waals surface area contributed by atoms with Crippen LogP contribution < -0.4 is 10.5 Å². The highest BCUT2D eigenvalue weighted by Gasteiger charge is 2.20. The SMILES string of the molecule is CCCC(CCC)Oc1cccc2nc(C)c(C(=O)O)c(N)c12. The zero-order valence-electron chi connectivity index (χ0n) is 13.9. The average molecular weight is 316 g/mol. The fourth-order valence-corrected chi connectivity index (χ4v) is 2.89. The van der Waals surface area contributed by atoms with Crippen LogP contribution in [0.2, 0.25) is 0 Å². The van der Waals surface area contributed by atoms with Crippen LogP contribution in [0.4, 0.5) is 5.69 Å². The molecule has 0 aliphatic heterocycles. The number of ether oxygens (including phenoxy) is 1. The number of carboxylic acids is 1. The number of hydrogen-bond acceptors (Lipinski definition) is 4. The summed E-state index contributed by atoms with van der Waals surface area (Å²) in [6.45, 7) is 5.90. The fourth-order valence-electron chi connectivity index (χ4n) is 2.89. The lowest BCUT2D eigenvalue weighted by Gasteiger charge is -2.20. The molecule has 0 radical (unpaired) electrons. The highest BCUT2D eigenvalue weighted by Crippen LogP contribution is 2.34. The number of aromatic nitrogens is 1. The molecule has 1 heterocycles. The number of pyridine rings is 1. The molecule has 5 nitrogen and oxygen atoms in total. The molecule has 0 unspecified atom stereocenters. The first kappa shape index (κ1) is 17.1. The molecule has 2 rings (SSSR count). The molecule has 124 valence electrons. The minimum absolute atomic E-state index is 0.0519. The molecule has 0 bridgehead atoms. The second-order valence-corrected chi connectivity index (χ2v) is 5.76. The van der Waals surface area contributed by atoms with Gasteiger partial charge in [0.05, 0.1) is 28.4 Å². The van der Waals surface area contributed by atoms with E-state index in [0.29, 0.717) is 22.3 Å². The average Bonchev–Trinajstić information content (AvgIpc) is 2.47. The first-order valence-corrected chi connectivity index (χ1v) is 8.08. The quantitative estimate of drug-likeness (QED) is 0.800. The molecular weight excluding hydrogens is 292 g/mol. The normalized spacial score (nSPS) is 11.1. The van der Waals surface area contributed by atoms with Gasteiger partial charge in [0.15, 0.2) is 0 Å². The second kappa shape index (κ2) is 7.31. The van der Waals surface area contributed by atoms with Crippen LogP contribution in [0.3, 0.4) is 0 Å². The van der Waals surface area contributed by atoms with Crippen molar-refractivity contribution in [1.29, 1.82) is 0 Å². The van der Waals surface area contributed by atoms with Gasteiger partial charge in [0.1, 0.15) is 11.3 Å². The number of aryl methyl sites for hydroxylation is 1. The van der Waals surface area contributed by atoms with Crippen molar-refractivity contribution in [2.75, 3.05) is 5.73 Å². The van der Waals surface area contributed by atoms with E-state index in [2.05, 4.69) is 18.8 Å². The maximum atomic E-state index is 11.5. The van der Waals surface area contributed by atoms with Crippen molar-refractivity contribution in [2.45, 2.75) is 52.6 Å². The third-order valence-electron chi connectivity index (χ3n) is 3.92. The summed E-state index contributed by atoms with van der Waals surface area (Å²) < 4.78 is 6.15. The third kappa shape index (κ3) is 3.55. The lowest BCUT2D eigenvalue weighted by Crippen LogP contribution is -2.16. The molecule has 0 spiro atoms. The van der Waals surface area contributed by atoms with Gasteiger partial charge >= 0.3 is 5.97 Å². The molecule has 3 N–H and O–H groups in total. The van der Waals surface area contributed by atoms with E-state index in [1.165, 1.54) is 0 Å². The number of nitrogens with zero attached hydrogens (tertiary/aromatic N) is 1. The van der Waals surface area contributed by atoms with E-state index in [4.69, 9.17) is 10.5 Å². The van der Waals surface area contributed by atoms with E-state index in [1.54, 1.807) is 6.92 Å². The smallest absolute Gasteiger partial charge is 0.339 e. The number of carbonyl (C=O) groups is 1. The van der Waals surface area contributed by atoms with Crippen molar-refractivity contribution in [3.8, 4) is 5.75 Å². The van der Waals surface area contributed by atoms with Gasteiger partial charge in [-0.1, -0.05) is 32.8 Å². The third-order valence-corrected chi connectivity index (χ3v) is 3.92. The summed E-state index contributed by atoms with van der Waals surface area (Å²) in [4.78, 5) is 15.8. The number of nitrogens with two attached hydrogens (primary N) is 1. The van der Waals surface area contributed by atoms with Crippen molar-refractivity contribution >= 4 is 22.6 Å². The highest BCUT2D eigenvalue weighted by molar-refractivity contribution is 6.06. The second-order valence-electron chi connectivity index (χ2n) is 5.76. The predicted molar refractivity (Wildman–Crippen MR) is 92.1 cm³/mol. The first-order chi connectivity index (χ1) is 11.0. The molecule has 0 amide bonds. The Hall–Kier alpha value is -2.30. The number of carboxylic acid groups (broad SMARTS) is 1. The Bertz CT molecular complexity index is 707. The van der Waals surface area contributed by atoms with Gasteiger partial charge in [0.2, 0.25) is 0 Å². The summed E-state index contributed by atoms with van der Waals surface area (Å²) in [5.74, 6) is -0.454. The molecule has 0 fully saturated rings. The molecule has 0 saturated carbocycles. The number of rotatable bonds is 7. The zero-order chi connectivity index (χ0) is 17.0. The van der Waals surface area contributed by atoms with Crippen LogP contribution in [0.1, 0.15) is 55.6 Å². The lowest BCUT2D eigenvalue weighted by atomic mass is 10.0. The Kier molecular flexibility index (Phi) is 5.42. The summed E-state index contributed by atoms with van der Waals surface area (Å²) in [5.41, 5.74) is 7.50. The molecular formula is C18H24N2O3. The fraction of sp³-hybridized carbons (Fsp3) is 0.444.